The highest BCUT2D eigenvalue weighted by molar-refractivity contribution is 5.87. The molecule has 0 aliphatic carbocycles. The van der Waals surface area contributed by atoms with Crippen molar-refractivity contribution in [2.75, 3.05) is 46.4 Å². The molecule has 18 heteroatoms. The molecule has 3 aliphatic rings. The summed E-state index contributed by atoms with van der Waals surface area (Å²) in [6.45, 7) is 8.65. The van der Waals surface area contributed by atoms with Crippen molar-refractivity contribution in [3.63, 3.8) is 0 Å². The van der Waals surface area contributed by atoms with Gasteiger partial charge in [-0.05, 0) is 84.0 Å². The number of carbonyl (C=O) groups is 4. The average molecular weight is 962 g/mol. The molecule has 4 N–H and O–H groups in total. The molecule has 0 saturated carbocycles. The van der Waals surface area contributed by atoms with E-state index in [1.807, 2.05) is 52.0 Å². The number of likely N-dealkylation sites (tertiary alicyclic amines) is 2. The van der Waals surface area contributed by atoms with E-state index in [0.717, 1.165) is 65.0 Å². The molecule has 70 heavy (non-hydrogen) atoms. The largest absolute Gasteiger partial charge is 0.453 e. The van der Waals surface area contributed by atoms with Crippen LogP contribution in [0.4, 0.5) is 19.7 Å². The molecule has 5 heterocycles. The lowest BCUT2D eigenvalue weighted by Crippen LogP contribution is -2.51. The highest BCUT2D eigenvalue weighted by Crippen LogP contribution is 2.50. The van der Waals surface area contributed by atoms with Gasteiger partial charge in [-0.15, -0.1) is 0 Å². The van der Waals surface area contributed by atoms with Gasteiger partial charge in [0.1, 0.15) is 41.8 Å². The van der Waals surface area contributed by atoms with Gasteiger partial charge in [0.2, 0.25) is 11.8 Å². The summed E-state index contributed by atoms with van der Waals surface area (Å²) in [6.07, 6.45) is 4.45. The van der Waals surface area contributed by atoms with Crippen molar-refractivity contribution in [1.82, 2.24) is 40.4 Å². The zero-order valence-electron chi connectivity index (χ0n) is 41.0. The third kappa shape index (κ3) is 9.97. The van der Waals surface area contributed by atoms with Gasteiger partial charge in [-0.3, -0.25) is 9.59 Å². The van der Waals surface area contributed by atoms with E-state index in [1.165, 1.54) is 26.4 Å². The molecular formula is C52H64FN9O8. The molecule has 3 aliphatic heterocycles. The third-order valence-corrected chi connectivity index (χ3v) is 14.0. The highest BCUT2D eigenvalue weighted by Gasteiger charge is 2.51. The Bertz CT molecular complexity index is 2450. The Hall–Kier alpha value is -6.79. The van der Waals surface area contributed by atoms with Gasteiger partial charge in [0.25, 0.3) is 0 Å². The number of H-pyrrole nitrogens is 2. The van der Waals surface area contributed by atoms with E-state index in [1.54, 1.807) is 48.5 Å². The van der Waals surface area contributed by atoms with E-state index in [-0.39, 0.29) is 53.6 Å². The van der Waals surface area contributed by atoms with Gasteiger partial charge in [-0.1, -0.05) is 76.2 Å². The summed E-state index contributed by atoms with van der Waals surface area (Å²) in [5, 5.41) is 5.41. The zero-order valence-corrected chi connectivity index (χ0v) is 41.0. The lowest BCUT2D eigenvalue weighted by Gasteiger charge is -2.34. The number of anilines is 1. The maximum Gasteiger partial charge on any atom is 0.407 e. The maximum absolute atomic E-state index is 14.5. The number of aromatic nitrogens is 4. The van der Waals surface area contributed by atoms with Gasteiger partial charge in [0.05, 0.1) is 62.2 Å². The van der Waals surface area contributed by atoms with Crippen LogP contribution in [0.2, 0.25) is 0 Å². The van der Waals surface area contributed by atoms with Crippen LogP contribution >= 0.6 is 0 Å². The van der Waals surface area contributed by atoms with E-state index < -0.39 is 36.5 Å². The number of halogens is 1. The lowest BCUT2D eigenvalue weighted by atomic mass is 9.96. The van der Waals surface area contributed by atoms with Crippen molar-refractivity contribution in [1.29, 1.82) is 0 Å². The number of nitrogens with one attached hydrogen (secondary N) is 4. The number of carbonyl (C=O) groups excluding carboxylic acids is 4. The standard InChI is InChI=1S/C52H64FN9O8/c1-29(2)41(58-51(65)69-7)49(63)60-25-9-11-39(60)47-54-27-37(56-47)31-13-17-33(18-14-31)43-45(67-5)46(68-6)44(62(43)36-23-21-35(53)22-24-36)34-19-15-32(16-20-34)38-28-55-48(57-38)40-12-10-26-61(40)50(64)42(30(3)4)59-52(66)70-8/h13-24,27-30,39-46H,9-12,25-26H2,1-8H3,(H,54,56)(H,55,57)(H,58,65)(H,59,66)/t39-,40-,41+,42+,43-,44-,45+,46+/m0/s1. The maximum atomic E-state index is 14.5. The number of methoxy groups -OCH3 is 4. The molecule has 8 atom stereocenters. The number of aromatic amines is 2. The van der Waals surface area contributed by atoms with Gasteiger partial charge in [-0.2, -0.15) is 0 Å². The Kier molecular flexibility index (Phi) is 15.2. The molecule has 0 radical (unpaired) electrons. The van der Waals surface area contributed by atoms with E-state index in [9.17, 15) is 23.6 Å². The lowest BCUT2D eigenvalue weighted by molar-refractivity contribution is -0.136. The van der Waals surface area contributed by atoms with Crippen LogP contribution in [0.1, 0.15) is 100 Å². The molecule has 3 aromatic carbocycles. The van der Waals surface area contributed by atoms with Gasteiger partial charge < -0.3 is 54.2 Å². The molecule has 0 unspecified atom stereocenters. The first kappa shape index (κ1) is 49.6. The molecular weight excluding hydrogens is 898 g/mol. The van der Waals surface area contributed by atoms with Crippen LogP contribution < -0.4 is 15.5 Å². The van der Waals surface area contributed by atoms with Crippen LogP contribution in [-0.4, -0.2) is 120 Å². The minimum atomic E-state index is -0.734. The molecule has 5 aromatic rings. The first-order chi connectivity index (χ1) is 33.8. The van der Waals surface area contributed by atoms with Crippen molar-refractivity contribution in [2.45, 2.75) is 102 Å². The Balaban J connectivity index is 1.04. The monoisotopic (exact) mass is 961 g/mol. The summed E-state index contributed by atoms with van der Waals surface area (Å²) >= 11 is 0. The number of rotatable bonds is 15. The summed E-state index contributed by atoms with van der Waals surface area (Å²) < 4.78 is 36.7. The van der Waals surface area contributed by atoms with Gasteiger partial charge in [0, 0.05) is 33.0 Å². The Morgan fingerprint density at radius 3 is 1.37 bits per heavy atom. The number of amides is 4. The Labute approximate surface area is 407 Å². The smallest absolute Gasteiger partial charge is 0.407 e. The highest BCUT2D eigenvalue weighted by atomic mass is 19.1. The number of nitrogens with zero attached hydrogens (tertiary/aromatic N) is 5. The van der Waals surface area contributed by atoms with Crippen LogP contribution in [0.15, 0.2) is 85.2 Å². The summed E-state index contributed by atoms with van der Waals surface area (Å²) in [7, 11) is 5.92. The predicted octanol–water partition coefficient (Wildman–Crippen LogP) is 8.03. The predicted molar refractivity (Wildman–Crippen MR) is 260 cm³/mol. The average Bonchev–Trinajstić information content (AvgIpc) is 4.24. The van der Waals surface area contributed by atoms with Crippen LogP contribution in [-0.2, 0) is 28.5 Å². The van der Waals surface area contributed by atoms with Crippen molar-refractivity contribution >= 4 is 29.7 Å². The molecule has 4 amide bonds. The number of alkyl carbamates (subject to hydrolysis) is 2. The van der Waals surface area contributed by atoms with Crippen LogP contribution in [0.5, 0.6) is 0 Å². The molecule has 8 rings (SSSR count). The third-order valence-electron chi connectivity index (χ3n) is 14.0. The minimum Gasteiger partial charge on any atom is -0.453 e. The summed E-state index contributed by atoms with van der Waals surface area (Å²) in [4.78, 5) is 74.0. The summed E-state index contributed by atoms with van der Waals surface area (Å²) in [6, 6.07) is 20.1. The molecule has 372 valence electrons. The first-order valence-corrected chi connectivity index (χ1v) is 24.0. The topological polar surface area (TPSA) is 196 Å². The van der Waals surface area contributed by atoms with E-state index in [4.69, 9.17) is 28.9 Å². The quantitative estimate of drug-likeness (QED) is 0.0793. The SMILES string of the molecule is COC(=O)N[C@@H](C(=O)N1CCC[C@H]1c1ncc(-c2ccc([C@H]3[C@@H](OC)[C@H](OC)[C@H](c4ccc(-c5cnc([C@@H]6CCCN6C(=O)[C@H](NC(=O)OC)C(C)C)[nH]5)cc4)N3c3ccc(F)cc3)cc2)[nH]1)C(C)C. The molecule has 0 bridgehead atoms. The Morgan fingerprint density at radius 2 is 1.01 bits per heavy atom. The fraction of sp³-hybridized carbons (Fsp3) is 0.462. The fourth-order valence-electron chi connectivity index (χ4n) is 10.4. The van der Waals surface area contributed by atoms with Crippen molar-refractivity contribution in [2.24, 2.45) is 11.8 Å². The molecule has 2 aromatic heterocycles. The molecule has 17 nitrogen and oxygen atoms in total. The minimum absolute atomic E-state index is 0.147. The second-order valence-electron chi connectivity index (χ2n) is 18.9. The van der Waals surface area contributed by atoms with Gasteiger partial charge in [0.15, 0.2) is 0 Å². The second kappa shape index (κ2) is 21.5. The van der Waals surface area contributed by atoms with Gasteiger partial charge >= 0.3 is 12.2 Å². The molecule has 0 spiro atoms. The number of benzene rings is 3. The van der Waals surface area contributed by atoms with E-state index in [2.05, 4.69) is 49.8 Å². The number of imidazole rings is 2. The Morgan fingerprint density at radius 1 is 0.614 bits per heavy atom. The van der Waals surface area contributed by atoms with Gasteiger partial charge in [-0.25, -0.2) is 23.9 Å². The van der Waals surface area contributed by atoms with Crippen molar-refractivity contribution in [3.05, 3.63) is 114 Å². The van der Waals surface area contributed by atoms with E-state index in [0.29, 0.717) is 24.7 Å². The fourth-order valence-corrected chi connectivity index (χ4v) is 10.4. The molecule has 3 saturated heterocycles. The van der Waals surface area contributed by atoms with Crippen LogP contribution in [0.3, 0.4) is 0 Å². The zero-order chi connectivity index (χ0) is 49.8. The normalized spacial score (nSPS) is 22.1. The van der Waals surface area contributed by atoms with E-state index >= 15 is 0 Å². The van der Waals surface area contributed by atoms with Crippen LogP contribution in [0.25, 0.3) is 22.5 Å². The first-order valence-electron chi connectivity index (χ1n) is 24.0. The number of hydrogen-bond donors (Lipinski definition) is 4. The van der Waals surface area contributed by atoms with Crippen molar-refractivity contribution < 1.29 is 42.5 Å². The van der Waals surface area contributed by atoms with Crippen molar-refractivity contribution in [3.8, 4) is 22.5 Å². The van der Waals surface area contributed by atoms with Crippen LogP contribution in [0, 0.1) is 17.7 Å². The summed E-state index contributed by atoms with van der Waals surface area (Å²) in [5.74, 6) is 0.355. The molecule has 3 fully saturated rings. The number of ether oxygens (including phenoxy) is 4. The number of hydrogen-bond acceptors (Lipinski definition) is 11. The summed E-state index contributed by atoms with van der Waals surface area (Å²) in [5.41, 5.74) is 6.07. The second-order valence-corrected chi connectivity index (χ2v) is 18.9.